The van der Waals surface area contributed by atoms with E-state index in [0.29, 0.717) is 20.6 Å². The number of hydrogen-bond donors (Lipinski definition) is 1. The van der Waals surface area contributed by atoms with Crippen molar-refractivity contribution in [1.29, 1.82) is 0 Å². The van der Waals surface area contributed by atoms with Crippen molar-refractivity contribution in [1.82, 2.24) is 9.78 Å². The molecular weight excluding hydrogens is 366 g/mol. The molecule has 4 nitrogen and oxygen atoms in total. The summed E-state index contributed by atoms with van der Waals surface area (Å²) in [5.74, 6) is 0. The zero-order chi connectivity index (χ0) is 16.6. The van der Waals surface area contributed by atoms with Gasteiger partial charge in [0.05, 0.1) is 25.5 Å². The van der Waals surface area contributed by atoms with Gasteiger partial charge in [0.1, 0.15) is 5.69 Å². The van der Waals surface area contributed by atoms with Gasteiger partial charge in [-0.05, 0) is 42.5 Å². The second-order valence-electron chi connectivity index (χ2n) is 4.51. The largest absolute Gasteiger partial charge is 0.302 e. The summed E-state index contributed by atoms with van der Waals surface area (Å²) < 4.78 is 47.9. The highest BCUT2D eigenvalue weighted by Crippen LogP contribution is 2.34. The number of aromatic nitrogens is 2. The lowest BCUT2D eigenvalue weighted by molar-refractivity contribution is 0.145. The van der Waals surface area contributed by atoms with Crippen LogP contribution in [0.4, 0.5) is 8.78 Å². The number of rotatable bonds is 4. The van der Waals surface area contributed by atoms with Crippen LogP contribution in [0.15, 0.2) is 47.4 Å². The molecule has 3 aromatic rings. The van der Waals surface area contributed by atoms with Crippen LogP contribution in [0.25, 0.3) is 16.3 Å². The van der Waals surface area contributed by atoms with Crippen LogP contribution in [0.5, 0.6) is 0 Å². The molecule has 1 unspecified atom stereocenters. The highest BCUT2D eigenvalue weighted by atomic mass is 35.5. The normalized spacial score (nSPS) is 12.7. The van der Waals surface area contributed by atoms with Gasteiger partial charge in [-0.2, -0.15) is 5.10 Å². The van der Waals surface area contributed by atoms with Gasteiger partial charge in [-0.15, -0.1) is 11.3 Å². The topological polar surface area (TPSA) is 55.1 Å². The van der Waals surface area contributed by atoms with Gasteiger partial charge in [0.25, 0.3) is 6.43 Å². The molecule has 1 aromatic carbocycles. The minimum Gasteiger partial charge on any atom is -0.302 e. The first kappa shape index (κ1) is 16.3. The Labute approximate surface area is 141 Å². The Morgan fingerprint density at radius 2 is 1.91 bits per heavy atom. The van der Waals surface area contributed by atoms with Crippen LogP contribution < -0.4 is 0 Å². The van der Waals surface area contributed by atoms with E-state index < -0.39 is 17.5 Å². The smallest absolute Gasteiger partial charge is 0.282 e. The SMILES string of the molecule is O=S(O)c1ccc(-n2nc(C(F)F)cc2-c2ccc(Cl)s2)cc1. The second-order valence-corrected chi connectivity index (χ2v) is 7.20. The van der Waals surface area contributed by atoms with Gasteiger partial charge in [-0.1, -0.05) is 11.6 Å². The molecule has 0 saturated carbocycles. The van der Waals surface area contributed by atoms with Crippen molar-refractivity contribution in [3.05, 3.63) is 52.5 Å². The van der Waals surface area contributed by atoms with Gasteiger partial charge >= 0.3 is 0 Å². The summed E-state index contributed by atoms with van der Waals surface area (Å²) in [5, 5.41) is 3.93. The summed E-state index contributed by atoms with van der Waals surface area (Å²) in [4.78, 5) is 0.917. The maximum absolute atomic E-state index is 13.0. The lowest BCUT2D eigenvalue weighted by Gasteiger charge is -2.06. The van der Waals surface area contributed by atoms with E-state index in [0.717, 1.165) is 0 Å². The third-order valence-electron chi connectivity index (χ3n) is 3.06. The van der Waals surface area contributed by atoms with Crippen molar-refractivity contribution in [2.24, 2.45) is 0 Å². The van der Waals surface area contributed by atoms with Crippen LogP contribution in [-0.4, -0.2) is 18.5 Å². The number of thiophene rings is 1. The summed E-state index contributed by atoms with van der Waals surface area (Å²) in [5.41, 5.74) is 0.639. The number of halogens is 3. The van der Waals surface area contributed by atoms with Gasteiger partial charge in [0, 0.05) is 0 Å². The summed E-state index contributed by atoms with van der Waals surface area (Å²) in [6, 6.07) is 10.7. The van der Waals surface area contributed by atoms with E-state index in [2.05, 4.69) is 5.10 Å². The molecule has 0 aliphatic rings. The van der Waals surface area contributed by atoms with E-state index in [1.807, 2.05) is 0 Å². The minimum absolute atomic E-state index is 0.218. The van der Waals surface area contributed by atoms with Crippen molar-refractivity contribution in [3.63, 3.8) is 0 Å². The van der Waals surface area contributed by atoms with E-state index in [9.17, 15) is 13.0 Å². The highest BCUT2D eigenvalue weighted by Gasteiger charge is 2.19. The van der Waals surface area contributed by atoms with Crippen molar-refractivity contribution < 1.29 is 17.5 Å². The average molecular weight is 375 g/mol. The molecule has 120 valence electrons. The zero-order valence-corrected chi connectivity index (χ0v) is 13.7. The quantitative estimate of drug-likeness (QED) is 0.669. The fourth-order valence-corrected chi connectivity index (χ4v) is 3.45. The van der Waals surface area contributed by atoms with Gasteiger partial charge in [-0.25, -0.2) is 17.7 Å². The first-order valence-electron chi connectivity index (χ1n) is 6.31. The van der Waals surface area contributed by atoms with E-state index >= 15 is 0 Å². The Balaban J connectivity index is 2.11. The lowest BCUT2D eigenvalue weighted by Crippen LogP contribution is -2.00. The van der Waals surface area contributed by atoms with E-state index in [1.54, 1.807) is 24.3 Å². The summed E-state index contributed by atoms with van der Waals surface area (Å²) in [7, 11) is 0. The van der Waals surface area contributed by atoms with Crippen LogP contribution in [-0.2, 0) is 11.1 Å². The Kier molecular flexibility index (Phi) is 4.58. The Hall–Kier alpha value is -1.61. The monoisotopic (exact) mass is 374 g/mol. The van der Waals surface area contributed by atoms with Gasteiger partial charge in [-0.3, -0.25) is 0 Å². The average Bonchev–Trinajstić information content (AvgIpc) is 3.13. The minimum atomic E-state index is -2.70. The molecule has 0 aliphatic carbocycles. The van der Waals surface area contributed by atoms with Gasteiger partial charge in [0.2, 0.25) is 0 Å². The Morgan fingerprint density at radius 1 is 1.22 bits per heavy atom. The molecule has 1 N–H and O–H groups in total. The molecular formula is C14H9ClF2N2O2S2. The molecule has 0 saturated heterocycles. The molecule has 9 heteroatoms. The maximum atomic E-state index is 13.0. The van der Waals surface area contributed by atoms with Gasteiger partial charge in [0.15, 0.2) is 11.1 Å². The molecule has 0 bridgehead atoms. The van der Waals surface area contributed by atoms with E-state index in [4.69, 9.17) is 16.2 Å². The molecule has 0 aliphatic heterocycles. The fourth-order valence-electron chi connectivity index (χ4n) is 2.03. The molecule has 3 rings (SSSR count). The lowest BCUT2D eigenvalue weighted by atomic mass is 10.3. The summed E-state index contributed by atoms with van der Waals surface area (Å²) in [6.45, 7) is 0. The molecule has 2 heterocycles. The standard InChI is InChI=1S/C14H9ClF2N2O2S2/c15-13-6-5-12(22-13)11-7-10(14(16)17)18-19(11)8-1-3-9(4-2-8)23(20)21/h1-7,14H,(H,20,21). The van der Waals surface area contributed by atoms with E-state index in [1.165, 1.54) is 34.2 Å². The van der Waals surface area contributed by atoms with Gasteiger partial charge < -0.3 is 4.55 Å². The van der Waals surface area contributed by atoms with Crippen molar-refractivity contribution in [3.8, 4) is 16.3 Å². The molecule has 1 atom stereocenters. The van der Waals surface area contributed by atoms with Crippen molar-refractivity contribution >= 4 is 34.0 Å². The number of nitrogens with zero attached hydrogens (tertiary/aromatic N) is 2. The molecule has 23 heavy (non-hydrogen) atoms. The first-order valence-corrected chi connectivity index (χ1v) is 8.61. The first-order chi connectivity index (χ1) is 11.0. The molecule has 0 amide bonds. The predicted molar refractivity (Wildman–Crippen MR) is 85.9 cm³/mol. The van der Waals surface area contributed by atoms with Crippen LogP contribution in [0.3, 0.4) is 0 Å². The highest BCUT2D eigenvalue weighted by molar-refractivity contribution is 7.79. The van der Waals surface area contributed by atoms with Crippen LogP contribution in [0.2, 0.25) is 4.34 Å². The van der Waals surface area contributed by atoms with Crippen molar-refractivity contribution in [2.45, 2.75) is 11.3 Å². The summed E-state index contributed by atoms with van der Waals surface area (Å²) in [6.07, 6.45) is -2.70. The van der Waals surface area contributed by atoms with E-state index in [-0.39, 0.29) is 10.6 Å². The fraction of sp³-hybridized carbons (Fsp3) is 0.0714. The third-order valence-corrected chi connectivity index (χ3v) is 4.99. The summed E-state index contributed by atoms with van der Waals surface area (Å²) >= 11 is 5.07. The second kappa shape index (κ2) is 6.48. The zero-order valence-electron chi connectivity index (χ0n) is 11.3. The maximum Gasteiger partial charge on any atom is 0.282 e. The molecule has 2 aromatic heterocycles. The number of hydrogen-bond acceptors (Lipinski definition) is 3. The van der Waals surface area contributed by atoms with Crippen LogP contribution in [0.1, 0.15) is 12.1 Å². The molecule has 0 spiro atoms. The Morgan fingerprint density at radius 3 is 2.43 bits per heavy atom. The molecule has 0 fully saturated rings. The number of alkyl halides is 2. The van der Waals surface area contributed by atoms with Crippen LogP contribution >= 0.6 is 22.9 Å². The van der Waals surface area contributed by atoms with Crippen LogP contribution in [0, 0.1) is 0 Å². The molecule has 0 radical (unpaired) electrons. The predicted octanol–water partition coefficient (Wildman–Crippen LogP) is 4.77. The number of benzene rings is 1. The Bertz CT molecular complexity index is 862. The third kappa shape index (κ3) is 3.35. The van der Waals surface area contributed by atoms with Crippen molar-refractivity contribution in [2.75, 3.05) is 0 Å².